The minimum absolute atomic E-state index is 0.0931. The zero-order chi connectivity index (χ0) is 14.0. The first-order valence-corrected chi connectivity index (χ1v) is 7.88. The van der Waals surface area contributed by atoms with Crippen LogP contribution < -0.4 is 10.0 Å². The van der Waals surface area contributed by atoms with Crippen molar-refractivity contribution in [2.24, 2.45) is 0 Å². The van der Waals surface area contributed by atoms with Crippen molar-refractivity contribution in [2.75, 3.05) is 13.1 Å². The maximum Gasteiger partial charge on any atom is 0.240 e. The Balaban J connectivity index is 2.24. The second-order valence-electron chi connectivity index (χ2n) is 5.04. The van der Waals surface area contributed by atoms with Crippen LogP contribution in [0.5, 0.6) is 0 Å². The van der Waals surface area contributed by atoms with E-state index in [1.807, 2.05) is 0 Å². The van der Waals surface area contributed by atoms with E-state index in [0.717, 1.165) is 19.4 Å². The highest BCUT2D eigenvalue weighted by Crippen LogP contribution is 2.19. The minimum Gasteiger partial charge on any atom is -0.315 e. The molecule has 2 rings (SSSR count). The largest absolute Gasteiger partial charge is 0.315 e. The molecule has 0 spiro atoms. The molecule has 106 valence electrons. The molecule has 1 heterocycles. The van der Waals surface area contributed by atoms with Crippen molar-refractivity contribution in [1.82, 2.24) is 10.0 Å². The zero-order valence-corrected chi connectivity index (χ0v) is 12.0. The van der Waals surface area contributed by atoms with Crippen LogP contribution in [0.15, 0.2) is 17.0 Å². The number of hydrogen-bond acceptors (Lipinski definition) is 3. The molecule has 0 saturated carbocycles. The number of nitrogens with one attached hydrogen (secondary N) is 2. The quantitative estimate of drug-likeness (QED) is 0.885. The summed E-state index contributed by atoms with van der Waals surface area (Å²) in [6.07, 6.45) is 1.78. The van der Waals surface area contributed by atoms with Crippen LogP contribution in [0.3, 0.4) is 0 Å². The fourth-order valence-corrected chi connectivity index (χ4v) is 3.74. The van der Waals surface area contributed by atoms with E-state index in [4.69, 9.17) is 0 Å². The van der Waals surface area contributed by atoms with E-state index in [2.05, 4.69) is 10.0 Å². The van der Waals surface area contributed by atoms with Gasteiger partial charge in [-0.3, -0.25) is 0 Å². The second-order valence-corrected chi connectivity index (χ2v) is 6.75. The van der Waals surface area contributed by atoms with Gasteiger partial charge in [-0.15, -0.1) is 0 Å². The molecule has 1 aliphatic rings. The van der Waals surface area contributed by atoms with E-state index < -0.39 is 10.0 Å². The van der Waals surface area contributed by atoms with Crippen LogP contribution in [-0.2, 0) is 10.0 Å². The number of aryl methyl sites for hydroxylation is 2. The van der Waals surface area contributed by atoms with Gasteiger partial charge in [-0.25, -0.2) is 17.5 Å². The van der Waals surface area contributed by atoms with Crippen LogP contribution in [0.4, 0.5) is 4.39 Å². The van der Waals surface area contributed by atoms with Crippen molar-refractivity contribution < 1.29 is 12.8 Å². The molecule has 1 atom stereocenters. The maximum absolute atomic E-state index is 13.5. The van der Waals surface area contributed by atoms with Gasteiger partial charge in [-0.2, -0.15) is 0 Å². The molecular weight excluding hydrogens is 267 g/mol. The van der Waals surface area contributed by atoms with Crippen LogP contribution >= 0.6 is 0 Å². The van der Waals surface area contributed by atoms with E-state index in [0.29, 0.717) is 17.7 Å². The Labute approximate surface area is 113 Å². The normalized spacial score (nSPS) is 20.5. The topological polar surface area (TPSA) is 58.2 Å². The van der Waals surface area contributed by atoms with Crippen LogP contribution in [-0.4, -0.2) is 27.5 Å². The molecule has 0 aliphatic carbocycles. The average molecular weight is 286 g/mol. The number of benzene rings is 1. The number of sulfonamides is 1. The molecule has 0 amide bonds. The zero-order valence-electron chi connectivity index (χ0n) is 11.2. The fourth-order valence-electron chi connectivity index (χ4n) is 2.30. The summed E-state index contributed by atoms with van der Waals surface area (Å²) in [6.45, 7) is 4.71. The molecule has 2 N–H and O–H groups in total. The Morgan fingerprint density at radius 1 is 1.32 bits per heavy atom. The molecule has 1 aromatic rings. The van der Waals surface area contributed by atoms with Crippen molar-refractivity contribution in [2.45, 2.75) is 37.6 Å². The molecule has 1 fully saturated rings. The lowest BCUT2D eigenvalue weighted by Crippen LogP contribution is -2.45. The van der Waals surface area contributed by atoms with Gasteiger partial charge in [-0.1, -0.05) is 0 Å². The van der Waals surface area contributed by atoms with Crippen LogP contribution in [0.25, 0.3) is 0 Å². The summed E-state index contributed by atoms with van der Waals surface area (Å²) >= 11 is 0. The highest BCUT2D eigenvalue weighted by atomic mass is 32.2. The Morgan fingerprint density at radius 3 is 2.47 bits per heavy atom. The van der Waals surface area contributed by atoms with E-state index >= 15 is 0 Å². The number of hydrogen-bond donors (Lipinski definition) is 2. The molecule has 4 nitrogen and oxygen atoms in total. The van der Waals surface area contributed by atoms with Gasteiger partial charge >= 0.3 is 0 Å². The molecule has 0 bridgehead atoms. The summed E-state index contributed by atoms with van der Waals surface area (Å²) in [6, 6.07) is 2.66. The highest BCUT2D eigenvalue weighted by molar-refractivity contribution is 7.89. The lowest BCUT2D eigenvalue weighted by Gasteiger charge is -2.23. The van der Waals surface area contributed by atoms with E-state index in [9.17, 15) is 12.8 Å². The van der Waals surface area contributed by atoms with Crippen molar-refractivity contribution >= 4 is 10.0 Å². The smallest absolute Gasteiger partial charge is 0.240 e. The molecule has 1 aliphatic heterocycles. The molecule has 1 saturated heterocycles. The Kier molecular flexibility index (Phi) is 4.23. The van der Waals surface area contributed by atoms with Gasteiger partial charge in [0.2, 0.25) is 10.0 Å². The van der Waals surface area contributed by atoms with Crippen LogP contribution in [0.2, 0.25) is 0 Å². The van der Waals surface area contributed by atoms with Gasteiger partial charge < -0.3 is 5.32 Å². The third-order valence-corrected chi connectivity index (χ3v) is 4.84. The number of rotatable bonds is 3. The van der Waals surface area contributed by atoms with Gasteiger partial charge in [-0.05, 0) is 56.5 Å². The highest BCUT2D eigenvalue weighted by Gasteiger charge is 2.22. The van der Waals surface area contributed by atoms with Crippen molar-refractivity contribution in [3.8, 4) is 0 Å². The summed E-state index contributed by atoms with van der Waals surface area (Å²) in [5.41, 5.74) is 0.698. The number of halogens is 1. The molecule has 0 radical (unpaired) electrons. The van der Waals surface area contributed by atoms with Crippen LogP contribution in [0, 0.1) is 19.7 Å². The summed E-state index contributed by atoms with van der Waals surface area (Å²) < 4.78 is 40.7. The van der Waals surface area contributed by atoms with Gasteiger partial charge in [0.1, 0.15) is 5.82 Å². The fraction of sp³-hybridized carbons (Fsp3) is 0.538. The Bertz CT molecular complexity index is 543. The predicted octanol–water partition coefficient (Wildman–Crippen LogP) is 1.47. The van der Waals surface area contributed by atoms with E-state index in [1.165, 1.54) is 12.1 Å². The first kappa shape index (κ1) is 14.4. The summed E-state index contributed by atoms with van der Waals surface area (Å²) in [7, 11) is -3.58. The first-order valence-electron chi connectivity index (χ1n) is 6.40. The van der Waals surface area contributed by atoms with Crippen molar-refractivity contribution in [3.05, 3.63) is 29.1 Å². The maximum atomic E-state index is 13.5. The molecule has 19 heavy (non-hydrogen) atoms. The lowest BCUT2D eigenvalue weighted by atomic mass is 10.1. The van der Waals surface area contributed by atoms with Gasteiger partial charge in [0.15, 0.2) is 0 Å². The van der Waals surface area contributed by atoms with E-state index in [1.54, 1.807) is 13.8 Å². The lowest BCUT2D eigenvalue weighted by molar-refractivity contribution is 0.428. The van der Waals surface area contributed by atoms with Gasteiger partial charge in [0, 0.05) is 12.6 Å². The first-order chi connectivity index (χ1) is 8.90. The Morgan fingerprint density at radius 2 is 1.95 bits per heavy atom. The van der Waals surface area contributed by atoms with Crippen LogP contribution in [0.1, 0.15) is 24.0 Å². The summed E-state index contributed by atoms with van der Waals surface area (Å²) in [4.78, 5) is 0.134. The van der Waals surface area contributed by atoms with Crippen molar-refractivity contribution in [1.29, 1.82) is 0 Å². The third kappa shape index (κ3) is 3.32. The Hall–Kier alpha value is -0.980. The second kappa shape index (κ2) is 5.56. The summed E-state index contributed by atoms with van der Waals surface area (Å²) in [5, 5.41) is 3.15. The van der Waals surface area contributed by atoms with Gasteiger partial charge in [0.05, 0.1) is 4.90 Å². The van der Waals surface area contributed by atoms with E-state index in [-0.39, 0.29) is 16.8 Å². The average Bonchev–Trinajstić information content (AvgIpc) is 2.36. The van der Waals surface area contributed by atoms with Gasteiger partial charge in [0.25, 0.3) is 0 Å². The standard InChI is InChI=1S/C13H19FN2O2S/c1-9-6-12(7-10(2)13(9)14)19(17,18)16-11-4-3-5-15-8-11/h6-7,11,15-16H,3-5,8H2,1-2H3. The third-order valence-electron chi connectivity index (χ3n) is 3.34. The molecule has 1 unspecified atom stereocenters. The minimum atomic E-state index is -3.58. The molecule has 6 heteroatoms. The molecule has 1 aromatic carbocycles. The molecule has 0 aromatic heterocycles. The predicted molar refractivity (Wildman–Crippen MR) is 72.1 cm³/mol. The molecular formula is C13H19FN2O2S. The number of piperidine rings is 1. The SMILES string of the molecule is Cc1cc(S(=O)(=O)NC2CCCNC2)cc(C)c1F. The summed E-state index contributed by atoms with van der Waals surface area (Å²) in [5.74, 6) is -0.349. The van der Waals surface area contributed by atoms with Crippen molar-refractivity contribution in [3.63, 3.8) is 0 Å². The monoisotopic (exact) mass is 286 g/mol.